The minimum atomic E-state index is -3.71. The van der Waals surface area contributed by atoms with E-state index in [-0.39, 0.29) is 24.6 Å². The molecule has 1 aliphatic rings. The van der Waals surface area contributed by atoms with Crippen LogP contribution in [0.4, 0.5) is 0 Å². The van der Waals surface area contributed by atoms with Crippen LogP contribution in [-0.2, 0) is 21.3 Å². The highest BCUT2D eigenvalue weighted by Crippen LogP contribution is 2.32. The van der Waals surface area contributed by atoms with Crippen molar-refractivity contribution in [2.45, 2.75) is 31.4 Å². The van der Waals surface area contributed by atoms with Crippen LogP contribution in [0.1, 0.15) is 24.4 Å². The van der Waals surface area contributed by atoms with E-state index < -0.39 is 16.1 Å². The van der Waals surface area contributed by atoms with Gasteiger partial charge in [-0.25, -0.2) is 8.42 Å². The first-order chi connectivity index (χ1) is 14.4. The molecule has 30 heavy (non-hydrogen) atoms. The van der Waals surface area contributed by atoms with Crippen LogP contribution in [0.25, 0.3) is 11.3 Å². The largest absolute Gasteiger partial charge is 0.369 e. The first-order valence-corrected chi connectivity index (χ1v) is 11.4. The molecule has 1 fully saturated rings. The number of aromatic nitrogens is 4. The van der Waals surface area contributed by atoms with Crippen LogP contribution in [-0.4, -0.2) is 52.2 Å². The van der Waals surface area contributed by atoms with E-state index in [0.29, 0.717) is 28.6 Å². The number of ether oxygens (including phenoxy) is 1. The Bertz CT molecular complexity index is 1160. The Labute approximate surface area is 180 Å². The Balaban J connectivity index is 1.66. The molecule has 1 saturated heterocycles. The molecule has 0 radical (unpaired) electrons. The van der Waals surface area contributed by atoms with E-state index in [2.05, 4.69) is 15.1 Å². The number of aryl methyl sites for hydroxylation is 2. The van der Waals surface area contributed by atoms with Gasteiger partial charge in [-0.2, -0.15) is 9.40 Å². The number of nitrogens with zero attached hydrogens (tertiary/aromatic N) is 5. The molecule has 3 heterocycles. The molecule has 0 saturated carbocycles. The fourth-order valence-electron chi connectivity index (χ4n) is 3.51. The molecule has 1 aliphatic heterocycles. The molecular formula is C20H22ClN5O3S. The van der Waals surface area contributed by atoms with E-state index in [9.17, 15) is 8.42 Å². The van der Waals surface area contributed by atoms with Crippen molar-refractivity contribution in [2.75, 3.05) is 19.7 Å². The average Bonchev–Trinajstić information content (AvgIpc) is 3.15. The molecule has 0 amide bonds. The van der Waals surface area contributed by atoms with E-state index in [4.69, 9.17) is 16.3 Å². The Morgan fingerprint density at radius 1 is 1.27 bits per heavy atom. The molecule has 2 aromatic heterocycles. The topological polar surface area (TPSA) is 90.2 Å². The lowest BCUT2D eigenvalue weighted by molar-refractivity contribution is -0.00478. The minimum Gasteiger partial charge on any atom is -0.369 e. The van der Waals surface area contributed by atoms with Crippen LogP contribution in [0.3, 0.4) is 0 Å². The van der Waals surface area contributed by atoms with Gasteiger partial charge < -0.3 is 4.74 Å². The number of sulfonamides is 1. The van der Waals surface area contributed by atoms with E-state index in [1.165, 1.54) is 4.31 Å². The van der Waals surface area contributed by atoms with E-state index in [1.807, 2.05) is 19.1 Å². The molecule has 158 valence electrons. The predicted molar refractivity (Wildman–Crippen MR) is 113 cm³/mol. The number of benzene rings is 1. The van der Waals surface area contributed by atoms with Crippen LogP contribution < -0.4 is 0 Å². The Morgan fingerprint density at radius 3 is 2.80 bits per heavy atom. The second-order valence-corrected chi connectivity index (χ2v) is 9.30. The molecule has 1 atom stereocenters. The lowest BCUT2D eigenvalue weighted by Crippen LogP contribution is -2.42. The maximum Gasteiger partial charge on any atom is 0.246 e. The highest BCUT2D eigenvalue weighted by molar-refractivity contribution is 7.89. The number of rotatable bonds is 5. The van der Waals surface area contributed by atoms with Gasteiger partial charge in [0.05, 0.1) is 23.7 Å². The summed E-state index contributed by atoms with van der Waals surface area (Å²) in [6, 6.07) is 7.31. The van der Waals surface area contributed by atoms with Crippen molar-refractivity contribution in [3.63, 3.8) is 0 Å². The number of halogens is 1. The van der Waals surface area contributed by atoms with Crippen LogP contribution in [0.5, 0.6) is 0 Å². The molecule has 1 aromatic carbocycles. The van der Waals surface area contributed by atoms with Gasteiger partial charge in [-0.3, -0.25) is 14.6 Å². The lowest BCUT2D eigenvalue weighted by Gasteiger charge is -2.32. The second kappa shape index (κ2) is 8.43. The monoisotopic (exact) mass is 447 g/mol. The van der Waals surface area contributed by atoms with Crippen molar-refractivity contribution < 1.29 is 13.2 Å². The van der Waals surface area contributed by atoms with Crippen LogP contribution in [0, 0.1) is 6.92 Å². The standard InChI is InChI=1S/C20H22ClN5O3S/c1-3-25-13-18(14(2)24-25)30(27,28)26-9-10-29-17(12-26)20-19(22-7-8-23-20)15-5-4-6-16(21)11-15/h4-8,11,13,17H,3,9-10,12H2,1-2H3/t17-/m1/s1. The zero-order valence-electron chi connectivity index (χ0n) is 16.7. The number of hydrogen-bond donors (Lipinski definition) is 0. The van der Waals surface area contributed by atoms with E-state index >= 15 is 0 Å². The molecule has 0 unspecified atom stereocenters. The van der Waals surface area contributed by atoms with Gasteiger partial charge in [-0.05, 0) is 26.0 Å². The maximum atomic E-state index is 13.3. The molecule has 0 aliphatic carbocycles. The summed E-state index contributed by atoms with van der Waals surface area (Å²) >= 11 is 6.14. The lowest BCUT2D eigenvalue weighted by atomic mass is 10.1. The van der Waals surface area contributed by atoms with Crippen LogP contribution in [0.2, 0.25) is 5.02 Å². The fraction of sp³-hybridized carbons (Fsp3) is 0.350. The zero-order valence-corrected chi connectivity index (χ0v) is 18.3. The van der Waals surface area contributed by atoms with Gasteiger partial charge in [0, 0.05) is 48.8 Å². The summed E-state index contributed by atoms with van der Waals surface area (Å²) < 4.78 is 35.5. The van der Waals surface area contributed by atoms with Gasteiger partial charge in [-0.15, -0.1) is 0 Å². The van der Waals surface area contributed by atoms with Crippen molar-refractivity contribution in [1.29, 1.82) is 0 Å². The molecule has 3 aromatic rings. The smallest absolute Gasteiger partial charge is 0.246 e. The summed E-state index contributed by atoms with van der Waals surface area (Å²) in [7, 11) is -3.71. The summed E-state index contributed by atoms with van der Waals surface area (Å²) in [4.78, 5) is 9.14. The van der Waals surface area contributed by atoms with Gasteiger partial charge >= 0.3 is 0 Å². The highest BCUT2D eigenvalue weighted by Gasteiger charge is 2.35. The minimum absolute atomic E-state index is 0.144. The van der Waals surface area contributed by atoms with Gasteiger partial charge in [0.25, 0.3) is 0 Å². The maximum absolute atomic E-state index is 13.3. The van der Waals surface area contributed by atoms with E-state index in [1.54, 1.807) is 42.3 Å². The normalized spacial score (nSPS) is 17.9. The van der Waals surface area contributed by atoms with Gasteiger partial charge in [0.2, 0.25) is 10.0 Å². The van der Waals surface area contributed by atoms with Crippen molar-refractivity contribution >= 4 is 21.6 Å². The highest BCUT2D eigenvalue weighted by atomic mass is 35.5. The summed E-state index contributed by atoms with van der Waals surface area (Å²) in [5, 5.41) is 4.86. The fourth-order valence-corrected chi connectivity index (χ4v) is 5.29. The molecule has 4 rings (SSSR count). The zero-order chi connectivity index (χ0) is 21.3. The Hall–Kier alpha value is -2.33. The van der Waals surface area contributed by atoms with Gasteiger partial charge in [0.15, 0.2) is 0 Å². The number of morpholine rings is 1. The molecule has 0 bridgehead atoms. The molecule has 10 heteroatoms. The van der Waals surface area contributed by atoms with Crippen molar-refractivity contribution in [2.24, 2.45) is 0 Å². The van der Waals surface area contributed by atoms with Gasteiger partial charge in [0.1, 0.15) is 11.0 Å². The van der Waals surface area contributed by atoms with Crippen LogP contribution >= 0.6 is 11.6 Å². The summed E-state index contributed by atoms with van der Waals surface area (Å²) in [6.07, 6.45) is 4.21. The van der Waals surface area contributed by atoms with E-state index in [0.717, 1.165) is 5.56 Å². The third-order valence-electron chi connectivity index (χ3n) is 5.00. The third kappa shape index (κ3) is 3.98. The summed E-state index contributed by atoms with van der Waals surface area (Å²) in [5.41, 5.74) is 2.49. The van der Waals surface area contributed by atoms with Crippen molar-refractivity contribution in [3.8, 4) is 11.3 Å². The molecule has 0 N–H and O–H groups in total. The van der Waals surface area contributed by atoms with Gasteiger partial charge in [-0.1, -0.05) is 23.7 Å². The van der Waals surface area contributed by atoms with Crippen molar-refractivity contribution in [3.05, 3.63) is 59.3 Å². The average molecular weight is 448 g/mol. The summed E-state index contributed by atoms with van der Waals surface area (Å²) in [5.74, 6) is 0. The first kappa shape index (κ1) is 20.9. The Kier molecular flexibility index (Phi) is 5.88. The van der Waals surface area contributed by atoms with Crippen molar-refractivity contribution in [1.82, 2.24) is 24.1 Å². The third-order valence-corrected chi connectivity index (χ3v) is 7.21. The second-order valence-electron chi connectivity index (χ2n) is 6.96. The van der Waals surface area contributed by atoms with Crippen LogP contribution in [0.15, 0.2) is 47.8 Å². The SMILES string of the molecule is CCn1cc(S(=O)(=O)N2CCO[C@@H](c3nccnc3-c3cccc(Cl)c3)C2)c(C)n1. The number of hydrogen-bond acceptors (Lipinski definition) is 6. The first-order valence-electron chi connectivity index (χ1n) is 9.62. The molecule has 0 spiro atoms. The summed E-state index contributed by atoms with van der Waals surface area (Å²) in [6.45, 7) is 4.89. The predicted octanol–water partition coefficient (Wildman–Crippen LogP) is 3.08. The Morgan fingerprint density at radius 2 is 2.07 bits per heavy atom. The molecular weight excluding hydrogens is 426 g/mol. The molecule has 8 nitrogen and oxygen atoms in total. The quantitative estimate of drug-likeness (QED) is 0.597.